The summed E-state index contributed by atoms with van der Waals surface area (Å²) in [4.78, 5) is 8.95. The molecule has 0 saturated carbocycles. The molecule has 4 heteroatoms. The van der Waals surface area contributed by atoms with Crippen LogP contribution in [0.1, 0.15) is 20.3 Å². The first kappa shape index (κ1) is 11.2. The number of thiocarbonyl (C=S) groups is 1. The van der Waals surface area contributed by atoms with E-state index < -0.39 is 0 Å². The second kappa shape index (κ2) is 4.70. The molecule has 1 heterocycles. The first-order valence-corrected chi connectivity index (χ1v) is 5.93. The van der Waals surface area contributed by atoms with Gasteiger partial charge in [0.1, 0.15) is 5.84 Å². The molecule has 2 aliphatic rings. The van der Waals surface area contributed by atoms with Crippen molar-refractivity contribution in [1.29, 1.82) is 0 Å². The molecule has 3 nitrogen and oxygen atoms in total. The number of amidine groups is 1. The van der Waals surface area contributed by atoms with Crippen molar-refractivity contribution >= 4 is 28.9 Å². The number of nitrogens with one attached hydrogen (secondary N) is 1. The Kier molecular flexibility index (Phi) is 3.29. The van der Waals surface area contributed by atoms with Crippen LogP contribution in [0.5, 0.6) is 0 Å². The van der Waals surface area contributed by atoms with Gasteiger partial charge in [0.2, 0.25) is 0 Å². The summed E-state index contributed by atoms with van der Waals surface area (Å²) < 4.78 is 0. The fourth-order valence-corrected chi connectivity index (χ4v) is 1.85. The number of rotatable bonds is 2. The number of allylic oxidation sites excluding steroid dienone is 3. The van der Waals surface area contributed by atoms with E-state index in [4.69, 9.17) is 12.2 Å². The van der Waals surface area contributed by atoms with Crippen molar-refractivity contribution in [3.63, 3.8) is 0 Å². The van der Waals surface area contributed by atoms with E-state index in [-0.39, 0.29) is 5.92 Å². The second-order valence-corrected chi connectivity index (χ2v) is 4.35. The summed E-state index contributed by atoms with van der Waals surface area (Å²) in [5, 5.41) is 3.60. The van der Waals surface area contributed by atoms with Crippen LogP contribution >= 0.6 is 12.2 Å². The molecule has 2 rings (SSSR count). The molecule has 0 saturated heterocycles. The van der Waals surface area contributed by atoms with Gasteiger partial charge in [0.05, 0.1) is 11.6 Å². The lowest BCUT2D eigenvalue weighted by atomic mass is 9.95. The molecule has 0 fully saturated rings. The molecule has 0 aromatic carbocycles. The van der Waals surface area contributed by atoms with Gasteiger partial charge in [0, 0.05) is 6.04 Å². The second-order valence-electron chi connectivity index (χ2n) is 3.96. The molecular formula is C12H15N3S. The Balaban J connectivity index is 2.31. The highest BCUT2D eigenvalue weighted by atomic mass is 32.1. The lowest BCUT2D eigenvalue weighted by molar-refractivity contribution is 0.709. The maximum Gasteiger partial charge on any atom is 0.198 e. The van der Waals surface area contributed by atoms with Crippen molar-refractivity contribution in [2.24, 2.45) is 15.9 Å². The van der Waals surface area contributed by atoms with Gasteiger partial charge in [0.25, 0.3) is 0 Å². The molecular weight excluding hydrogens is 218 g/mol. The summed E-state index contributed by atoms with van der Waals surface area (Å²) in [5.74, 6) is 1.07. The molecule has 0 amide bonds. The van der Waals surface area contributed by atoms with Crippen LogP contribution < -0.4 is 5.32 Å². The molecule has 0 spiro atoms. The summed E-state index contributed by atoms with van der Waals surface area (Å²) in [6.45, 7) is 4.23. The predicted molar refractivity (Wildman–Crippen MR) is 72.1 cm³/mol. The highest BCUT2D eigenvalue weighted by Crippen LogP contribution is 2.16. The van der Waals surface area contributed by atoms with E-state index in [1.807, 2.05) is 18.2 Å². The molecule has 1 aliphatic heterocycles. The fourth-order valence-electron chi connectivity index (χ4n) is 1.64. The number of fused-ring (bicyclic) bond motifs is 1. The Morgan fingerprint density at radius 1 is 1.56 bits per heavy atom. The van der Waals surface area contributed by atoms with Crippen LogP contribution in [0.3, 0.4) is 0 Å². The zero-order chi connectivity index (χ0) is 11.5. The maximum atomic E-state index is 5.10. The minimum Gasteiger partial charge on any atom is -0.319 e. The van der Waals surface area contributed by atoms with Crippen LogP contribution in [-0.2, 0) is 0 Å². The Bertz CT molecular complexity index is 418. The van der Waals surface area contributed by atoms with E-state index in [2.05, 4.69) is 35.2 Å². The molecule has 0 aromatic heterocycles. The van der Waals surface area contributed by atoms with Crippen LogP contribution in [0.15, 0.2) is 34.3 Å². The third-order valence-corrected chi connectivity index (χ3v) is 2.90. The highest BCUT2D eigenvalue weighted by Gasteiger charge is 2.25. The fraction of sp³-hybridized carbons (Fsp3) is 0.417. The van der Waals surface area contributed by atoms with E-state index in [9.17, 15) is 0 Å². The monoisotopic (exact) mass is 233 g/mol. The molecule has 1 aliphatic carbocycles. The van der Waals surface area contributed by atoms with Crippen LogP contribution in [-0.4, -0.2) is 22.7 Å². The van der Waals surface area contributed by atoms with Gasteiger partial charge in [-0.2, -0.15) is 0 Å². The lowest BCUT2D eigenvalue weighted by Crippen LogP contribution is -2.42. The van der Waals surface area contributed by atoms with Crippen molar-refractivity contribution < 1.29 is 0 Å². The van der Waals surface area contributed by atoms with E-state index in [0.29, 0.717) is 11.2 Å². The topological polar surface area (TPSA) is 36.8 Å². The average molecular weight is 233 g/mol. The molecule has 16 heavy (non-hydrogen) atoms. The van der Waals surface area contributed by atoms with Crippen LogP contribution in [0.2, 0.25) is 0 Å². The van der Waals surface area contributed by atoms with Crippen LogP contribution in [0.4, 0.5) is 0 Å². The van der Waals surface area contributed by atoms with E-state index >= 15 is 0 Å². The van der Waals surface area contributed by atoms with Crippen molar-refractivity contribution in [2.45, 2.75) is 26.3 Å². The number of hydrogen-bond donors (Lipinski definition) is 1. The number of aliphatic imine (C=N–C) groups is 2. The summed E-state index contributed by atoms with van der Waals surface area (Å²) in [5.41, 5.74) is 0.980. The largest absolute Gasteiger partial charge is 0.319 e. The summed E-state index contributed by atoms with van der Waals surface area (Å²) >= 11 is 5.10. The quantitative estimate of drug-likeness (QED) is 0.743. The molecule has 84 valence electrons. The first-order valence-electron chi connectivity index (χ1n) is 5.53. The van der Waals surface area contributed by atoms with Gasteiger partial charge in [-0.15, -0.1) is 0 Å². The third kappa shape index (κ3) is 2.27. The van der Waals surface area contributed by atoms with Crippen molar-refractivity contribution in [2.75, 3.05) is 0 Å². The molecule has 0 aromatic rings. The number of hydrogen-bond acceptors (Lipinski definition) is 2. The SMILES string of the molecule is CCC(C)N=C1NC(=S)N=C2C=CC=CC21. The lowest BCUT2D eigenvalue weighted by Gasteiger charge is -2.24. The smallest absolute Gasteiger partial charge is 0.198 e. The normalized spacial score (nSPS) is 27.4. The molecule has 1 N–H and O–H groups in total. The Morgan fingerprint density at radius 3 is 3.12 bits per heavy atom. The Hall–Kier alpha value is -1.29. The van der Waals surface area contributed by atoms with Gasteiger partial charge in [-0.3, -0.25) is 4.99 Å². The average Bonchev–Trinajstić information content (AvgIpc) is 2.28. The van der Waals surface area contributed by atoms with Crippen LogP contribution in [0, 0.1) is 5.92 Å². The van der Waals surface area contributed by atoms with E-state index in [1.54, 1.807) is 0 Å². The minimum atomic E-state index is 0.144. The van der Waals surface area contributed by atoms with E-state index in [0.717, 1.165) is 18.0 Å². The summed E-state index contributed by atoms with van der Waals surface area (Å²) in [6, 6.07) is 0.309. The Morgan fingerprint density at radius 2 is 2.38 bits per heavy atom. The third-order valence-electron chi connectivity index (χ3n) is 2.71. The Labute approximate surface area is 101 Å². The van der Waals surface area contributed by atoms with Crippen molar-refractivity contribution in [3.05, 3.63) is 24.3 Å². The van der Waals surface area contributed by atoms with E-state index in [1.165, 1.54) is 0 Å². The van der Waals surface area contributed by atoms with Crippen molar-refractivity contribution in [3.8, 4) is 0 Å². The minimum absolute atomic E-state index is 0.144. The van der Waals surface area contributed by atoms with Gasteiger partial charge < -0.3 is 5.32 Å². The molecule has 0 bridgehead atoms. The zero-order valence-electron chi connectivity index (χ0n) is 9.47. The van der Waals surface area contributed by atoms with Gasteiger partial charge in [0.15, 0.2) is 5.11 Å². The van der Waals surface area contributed by atoms with Crippen LogP contribution in [0.25, 0.3) is 0 Å². The molecule has 0 radical (unpaired) electrons. The first-order chi connectivity index (χ1) is 7.70. The molecule has 2 atom stereocenters. The van der Waals surface area contributed by atoms with Crippen molar-refractivity contribution in [1.82, 2.24) is 5.32 Å². The zero-order valence-corrected chi connectivity index (χ0v) is 10.3. The maximum absolute atomic E-state index is 5.10. The van der Waals surface area contributed by atoms with Gasteiger partial charge in [-0.05, 0) is 31.6 Å². The molecule has 2 unspecified atom stereocenters. The number of nitrogens with zero attached hydrogens (tertiary/aromatic N) is 2. The summed E-state index contributed by atoms with van der Waals surface area (Å²) in [7, 11) is 0. The van der Waals surface area contributed by atoms with Gasteiger partial charge in [-0.1, -0.05) is 25.2 Å². The predicted octanol–water partition coefficient (Wildman–Crippen LogP) is 2.25. The standard InChI is InChI=1S/C12H15N3S/c1-3-8(2)13-11-9-6-4-5-7-10(9)14-12(16)15-11/h4-9H,3H2,1-2H3,(H,13,15,16). The van der Waals surface area contributed by atoms with Gasteiger partial charge in [-0.25, -0.2) is 4.99 Å². The highest BCUT2D eigenvalue weighted by molar-refractivity contribution is 7.80. The van der Waals surface area contributed by atoms with Gasteiger partial charge >= 0.3 is 0 Å². The summed E-state index contributed by atoms with van der Waals surface area (Å²) in [6.07, 6.45) is 9.10.